The van der Waals surface area contributed by atoms with Gasteiger partial charge in [-0.1, -0.05) is 24.3 Å². The number of nitrogens with zero attached hydrogens (tertiary/aromatic N) is 4. The summed E-state index contributed by atoms with van der Waals surface area (Å²) in [5.74, 6) is -1.87. The summed E-state index contributed by atoms with van der Waals surface area (Å²) in [7, 11) is 0. The monoisotopic (exact) mass is 568 g/mol. The standard InChI is InChI=1S/C32H36N6O4/c1-21-7-3-11-25(35-21)17-29(31(39)40)33-19-27-13-5-9-23(37-27)15-16-24-10-6-14-28(38-24)20-34-30(32(41)42)18-26-12-4-8-22(2)36-26/h3-14,29-30,33-34H,15-20H2,1-2H3,(H,39,40)(H,41,42). The SMILES string of the molecule is Cc1cccc(CC(NCc2cccc(CCc3cccc(CNC(Cc4cccc(C)n4)C(=O)O)n3)n2)C(=O)O)n1. The van der Waals surface area contributed by atoms with Crippen molar-refractivity contribution in [1.82, 2.24) is 30.6 Å². The van der Waals surface area contributed by atoms with Gasteiger partial charge in [-0.2, -0.15) is 0 Å². The van der Waals surface area contributed by atoms with E-state index in [9.17, 15) is 19.8 Å². The number of pyridine rings is 4. The van der Waals surface area contributed by atoms with Crippen LogP contribution in [-0.2, 0) is 48.4 Å². The lowest BCUT2D eigenvalue weighted by Gasteiger charge is -2.15. The maximum Gasteiger partial charge on any atom is 0.321 e. The van der Waals surface area contributed by atoms with Crippen molar-refractivity contribution in [2.45, 2.75) is 64.7 Å². The highest BCUT2D eigenvalue weighted by atomic mass is 16.4. The summed E-state index contributed by atoms with van der Waals surface area (Å²) in [5, 5.41) is 25.6. The normalized spacial score (nSPS) is 12.5. The molecule has 0 aliphatic heterocycles. The summed E-state index contributed by atoms with van der Waals surface area (Å²) in [4.78, 5) is 41.9. The third-order valence-electron chi connectivity index (χ3n) is 6.74. The van der Waals surface area contributed by atoms with E-state index in [1.807, 2.05) is 86.6 Å². The molecule has 4 aromatic heterocycles. The average Bonchev–Trinajstić information content (AvgIpc) is 2.96. The van der Waals surface area contributed by atoms with E-state index in [2.05, 4.69) is 20.6 Å². The van der Waals surface area contributed by atoms with Gasteiger partial charge in [0.05, 0.1) is 11.4 Å². The van der Waals surface area contributed by atoms with Gasteiger partial charge in [-0.05, 0) is 75.2 Å². The Bertz CT molecular complexity index is 1400. The Morgan fingerprint density at radius 3 is 1.31 bits per heavy atom. The summed E-state index contributed by atoms with van der Waals surface area (Å²) in [5.41, 5.74) is 6.41. The van der Waals surface area contributed by atoms with Crippen LogP contribution in [0.1, 0.15) is 45.6 Å². The van der Waals surface area contributed by atoms with Gasteiger partial charge in [-0.3, -0.25) is 40.2 Å². The van der Waals surface area contributed by atoms with Crippen molar-refractivity contribution in [3.63, 3.8) is 0 Å². The summed E-state index contributed by atoms with van der Waals surface area (Å²) in [6.45, 7) is 4.40. The smallest absolute Gasteiger partial charge is 0.321 e. The van der Waals surface area contributed by atoms with Crippen LogP contribution in [0, 0.1) is 13.8 Å². The van der Waals surface area contributed by atoms with Crippen molar-refractivity contribution >= 4 is 11.9 Å². The highest BCUT2D eigenvalue weighted by molar-refractivity contribution is 5.74. The van der Waals surface area contributed by atoms with Gasteiger partial charge in [0.1, 0.15) is 12.1 Å². The van der Waals surface area contributed by atoms with Crippen molar-refractivity contribution < 1.29 is 19.8 Å². The molecule has 0 radical (unpaired) electrons. The van der Waals surface area contributed by atoms with Crippen LogP contribution in [0.3, 0.4) is 0 Å². The highest BCUT2D eigenvalue weighted by Gasteiger charge is 2.19. The summed E-state index contributed by atoms with van der Waals surface area (Å²) >= 11 is 0. The van der Waals surface area contributed by atoms with E-state index in [1.54, 1.807) is 0 Å². The second-order valence-electron chi connectivity index (χ2n) is 10.2. The zero-order valence-electron chi connectivity index (χ0n) is 23.8. The number of carbonyl (C=O) groups is 2. The predicted octanol–water partition coefficient (Wildman–Crippen LogP) is 3.24. The van der Waals surface area contributed by atoms with E-state index >= 15 is 0 Å². The topological polar surface area (TPSA) is 150 Å². The molecule has 4 heterocycles. The van der Waals surface area contributed by atoms with Crippen molar-refractivity contribution in [3.05, 3.63) is 118 Å². The van der Waals surface area contributed by atoms with Crippen LogP contribution < -0.4 is 10.6 Å². The minimum absolute atomic E-state index is 0.281. The van der Waals surface area contributed by atoms with E-state index in [4.69, 9.17) is 9.97 Å². The fraction of sp³-hybridized carbons (Fsp3) is 0.312. The van der Waals surface area contributed by atoms with Crippen LogP contribution in [0.15, 0.2) is 72.8 Å². The maximum absolute atomic E-state index is 11.8. The zero-order valence-corrected chi connectivity index (χ0v) is 23.8. The third-order valence-corrected chi connectivity index (χ3v) is 6.74. The fourth-order valence-electron chi connectivity index (χ4n) is 4.58. The predicted molar refractivity (Wildman–Crippen MR) is 158 cm³/mol. The molecule has 4 rings (SSSR count). The first-order valence-corrected chi connectivity index (χ1v) is 13.9. The number of rotatable bonds is 15. The molecule has 0 amide bonds. The number of carboxylic acid groups (broad SMARTS) is 2. The van der Waals surface area contributed by atoms with Crippen molar-refractivity contribution in [1.29, 1.82) is 0 Å². The molecule has 0 saturated carbocycles. The van der Waals surface area contributed by atoms with Crippen LogP contribution in [0.25, 0.3) is 0 Å². The molecule has 10 heteroatoms. The molecular weight excluding hydrogens is 532 g/mol. The number of nitrogens with one attached hydrogen (secondary N) is 2. The van der Waals surface area contributed by atoms with Crippen LogP contribution in [0.4, 0.5) is 0 Å². The van der Waals surface area contributed by atoms with Gasteiger partial charge in [0.2, 0.25) is 0 Å². The van der Waals surface area contributed by atoms with Crippen molar-refractivity contribution in [3.8, 4) is 0 Å². The lowest BCUT2D eigenvalue weighted by molar-refractivity contribution is -0.140. The summed E-state index contributed by atoms with van der Waals surface area (Å²) in [6.07, 6.45) is 1.88. The Balaban J connectivity index is 1.30. The van der Waals surface area contributed by atoms with Gasteiger partial charge in [0.15, 0.2) is 0 Å². The summed E-state index contributed by atoms with van der Waals surface area (Å²) < 4.78 is 0. The second kappa shape index (κ2) is 14.9. The van der Waals surface area contributed by atoms with Gasteiger partial charge in [0.25, 0.3) is 0 Å². The van der Waals surface area contributed by atoms with Crippen LogP contribution in [0.2, 0.25) is 0 Å². The molecule has 0 aromatic carbocycles. The minimum Gasteiger partial charge on any atom is -0.480 e. The second-order valence-corrected chi connectivity index (χ2v) is 10.2. The highest BCUT2D eigenvalue weighted by Crippen LogP contribution is 2.09. The van der Waals surface area contributed by atoms with E-state index in [-0.39, 0.29) is 12.8 Å². The van der Waals surface area contributed by atoms with Crippen LogP contribution in [-0.4, -0.2) is 54.2 Å². The number of aryl methyl sites for hydroxylation is 4. The summed E-state index contributed by atoms with van der Waals surface area (Å²) in [6, 6.07) is 21.1. The fourth-order valence-corrected chi connectivity index (χ4v) is 4.58. The van der Waals surface area contributed by atoms with E-state index < -0.39 is 24.0 Å². The molecule has 2 unspecified atom stereocenters. The number of hydrogen-bond donors (Lipinski definition) is 4. The van der Waals surface area contributed by atoms with E-state index in [1.165, 1.54) is 0 Å². The van der Waals surface area contributed by atoms with Gasteiger partial charge >= 0.3 is 11.9 Å². The van der Waals surface area contributed by atoms with Crippen LogP contribution in [0.5, 0.6) is 0 Å². The van der Waals surface area contributed by atoms with Gasteiger partial charge in [0, 0.05) is 60.1 Å². The Labute approximate surface area is 245 Å². The van der Waals surface area contributed by atoms with Gasteiger partial charge in [-0.15, -0.1) is 0 Å². The van der Waals surface area contributed by atoms with Crippen LogP contribution >= 0.6 is 0 Å². The van der Waals surface area contributed by atoms with Crippen molar-refractivity contribution in [2.75, 3.05) is 0 Å². The molecule has 0 saturated heterocycles. The zero-order chi connectivity index (χ0) is 29.9. The molecular formula is C32H36N6O4. The first-order valence-electron chi connectivity index (χ1n) is 13.9. The molecule has 0 bridgehead atoms. The Morgan fingerprint density at radius 2 is 0.929 bits per heavy atom. The van der Waals surface area contributed by atoms with E-state index in [0.29, 0.717) is 25.9 Å². The Kier molecular flexibility index (Phi) is 10.8. The van der Waals surface area contributed by atoms with Crippen molar-refractivity contribution in [2.24, 2.45) is 0 Å². The quantitative estimate of drug-likeness (QED) is 0.168. The lowest BCUT2D eigenvalue weighted by atomic mass is 10.1. The molecule has 4 aromatic rings. The molecule has 42 heavy (non-hydrogen) atoms. The molecule has 0 spiro atoms. The molecule has 2 atom stereocenters. The molecule has 10 nitrogen and oxygen atoms in total. The van der Waals surface area contributed by atoms with Gasteiger partial charge in [-0.25, -0.2) is 0 Å². The molecule has 218 valence electrons. The molecule has 4 N–H and O–H groups in total. The average molecular weight is 569 g/mol. The van der Waals surface area contributed by atoms with E-state index in [0.717, 1.165) is 45.6 Å². The third kappa shape index (κ3) is 9.53. The largest absolute Gasteiger partial charge is 0.480 e. The first-order chi connectivity index (χ1) is 20.2. The molecule has 0 fully saturated rings. The maximum atomic E-state index is 11.8. The molecule has 0 aliphatic carbocycles. The lowest BCUT2D eigenvalue weighted by Crippen LogP contribution is -2.38. The number of hydrogen-bond acceptors (Lipinski definition) is 8. The Morgan fingerprint density at radius 1 is 0.571 bits per heavy atom. The van der Waals surface area contributed by atoms with Gasteiger partial charge < -0.3 is 10.2 Å². The number of carboxylic acids is 2. The first kappa shape index (κ1) is 30.4. The number of aromatic nitrogens is 4. The number of aliphatic carboxylic acids is 2. The minimum atomic E-state index is -0.934. The molecule has 0 aliphatic rings. The Hall–Kier alpha value is -4.54.